The summed E-state index contributed by atoms with van der Waals surface area (Å²) in [7, 11) is 0. The average molecular weight is 446 g/mol. The van der Waals surface area contributed by atoms with Crippen molar-refractivity contribution in [1.29, 1.82) is 0 Å². The van der Waals surface area contributed by atoms with Gasteiger partial charge in [0.15, 0.2) is 0 Å². The fraction of sp³-hybridized carbons (Fsp3) is 0.333. The van der Waals surface area contributed by atoms with E-state index in [9.17, 15) is 9.59 Å². The second-order valence-electron chi connectivity index (χ2n) is 8.43. The van der Waals surface area contributed by atoms with Gasteiger partial charge in [-0.15, -0.1) is 0 Å². The molecular formula is C27H31N3O3. The molecular weight excluding hydrogens is 414 g/mol. The number of ether oxygens (including phenoxy) is 1. The number of rotatable bonds is 5. The number of nitrogens with one attached hydrogen (secondary N) is 1. The number of aryl methyl sites for hydroxylation is 2. The molecule has 2 aromatic carbocycles. The van der Waals surface area contributed by atoms with Crippen LogP contribution >= 0.6 is 0 Å². The lowest BCUT2D eigenvalue weighted by Gasteiger charge is -2.20. The summed E-state index contributed by atoms with van der Waals surface area (Å²) in [6.45, 7) is 3.35. The van der Waals surface area contributed by atoms with Crippen LogP contribution in [-0.4, -0.2) is 23.0 Å². The van der Waals surface area contributed by atoms with Gasteiger partial charge in [0.25, 0.3) is 11.8 Å². The van der Waals surface area contributed by atoms with Crippen molar-refractivity contribution < 1.29 is 14.3 Å². The van der Waals surface area contributed by atoms with Crippen molar-refractivity contribution in [2.45, 2.75) is 51.8 Å². The monoisotopic (exact) mass is 445 g/mol. The second kappa shape index (κ2) is 10.5. The van der Waals surface area contributed by atoms with E-state index in [1.54, 1.807) is 21.8 Å². The molecule has 2 amide bonds. The molecule has 5 rings (SSSR count). The molecule has 0 saturated heterocycles. The lowest BCUT2D eigenvalue weighted by atomic mass is 10.0. The molecule has 1 atom stereocenters. The Hall–Kier alpha value is -3.38. The van der Waals surface area contributed by atoms with Crippen LogP contribution < -0.4 is 11.1 Å². The summed E-state index contributed by atoms with van der Waals surface area (Å²) in [5, 5.41) is 3.04. The van der Waals surface area contributed by atoms with Crippen molar-refractivity contribution in [3.05, 3.63) is 94.3 Å². The highest BCUT2D eigenvalue weighted by molar-refractivity contribution is 6.00. The molecule has 33 heavy (non-hydrogen) atoms. The lowest BCUT2D eigenvalue weighted by Crippen LogP contribution is -2.29. The smallest absolute Gasteiger partial charge is 0.265 e. The van der Waals surface area contributed by atoms with Gasteiger partial charge in [0, 0.05) is 6.54 Å². The van der Waals surface area contributed by atoms with E-state index < -0.39 is 5.91 Å². The van der Waals surface area contributed by atoms with Crippen LogP contribution in [0.2, 0.25) is 0 Å². The van der Waals surface area contributed by atoms with Crippen molar-refractivity contribution in [1.82, 2.24) is 9.88 Å². The van der Waals surface area contributed by atoms with Gasteiger partial charge in [0.05, 0.1) is 30.5 Å². The van der Waals surface area contributed by atoms with Crippen LogP contribution in [0.3, 0.4) is 0 Å². The fourth-order valence-corrected chi connectivity index (χ4v) is 4.58. The molecule has 0 bridgehead atoms. The molecule has 6 heteroatoms. The maximum Gasteiger partial charge on any atom is 0.265 e. The van der Waals surface area contributed by atoms with E-state index in [0.29, 0.717) is 36.7 Å². The van der Waals surface area contributed by atoms with Gasteiger partial charge >= 0.3 is 0 Å². The van der Waals surface area contributed by atoms with Gasteiger partial charge in [-0.25, -0.2) is 0 Å². The van der Waals surface area contributed by atoms with Crippen molar-refractivity contribution in [3.8, 4) is 0 Å². The maximum absolute atomic E-state index is 12.8. The van der Waals surface area contributed by atoms with Gasteiger partial charge in [-0.2, -0.15) is 0 Å². The quantitative estimate of drug-likeness (QED) is 0.618. The van der Waals surface area contributed by atoms with Gasteiger partial charge in [-0.05, 0) is 48.4 Å². The fourth-order valence-electron chi connectivity index (χ4n) is 4.58. The molecule has 6 nitrogen and oxygen atoms in total. The molecule has 172 valence electrons. The Labute approximate surface area is 194 Å². The number of primary amides is 1. The Bertz CT molecular complexity index is 1100. The largest absolute Gasteiger partial charge is 0.373 e. The normalized spacial score (nSPS) is 14.9. The van der Waals surface area contributed by atoms with E-state index in [2.05, 4.69) is 29.6 Å². The van der Waals surface area contributed by atoms with Crippen LogP contribution in [0.5, 0.6) is 0 Å². The second-order valence-corrected chi connectivity index (χ2v) is 8.43. The highest BCUT2D eigenvalue weighted by atomic mass is 16.5. The number of carbonyl (C=O) groups is 2. The number of nitrogens with zero attached hydrogens (tertiary/aromatic N) is 1. The number of fused-ring (bicyclic) bond motifs is 2. The van der Waals surface area contributed by atoms with E-state index in [1.807, 2.05) is 37.3 Å². The van der Waals surface area contributed by atoms with E-state index in [4.69, 9.17) is 10.5 Å². The zero-order valence-corrected chi connectivity index (χ0v) is 19.0. The molecule has 3 aromatic rings. The first-order valence-corrected chi connectivity index (χ1v) is 11.6. The van der Waals surface area contributed by atoms with E-state index >= 15 is 0 Å². The predicted octanol–water partition coefficient (Wildman–Crippen LogP) is 4.17. The topological polar surface area (TPSA) is 86.4 Å². The first-order chi connectivity index (χ1) is 16.1. The number of aromatic nitrogens is 1. The van der Waals surface area contributed by atoms with Gasteiger partial charge in [0.1, 0.15) is 5.69 Å². The zero-order chi connectivity index (χ0) is 23.2. The van der Waals surface area contributed by atoms with E-state index in [-0.39, 0.29) is 11.9 Å². The number of amides is 2. The van der Waals surface area contributed by atoms with Crippen molar-refractivity contribution in [2.75, 3.05) is 6.61 Å². The first-order valence-electron chi connectivity index (χ1n) is 11.6. The molecule has 0 unspecified atom stereocenters. The van der Waals surface area contributed by atoms with Crippen LogP contribution in [0, 0.1) is 0 Å². The van der Waals surface area contributed by atoms with Gasteiger partial charge in [0.2, 0.25) is 0 Å². The Kier molecular flexibility index (Phi) is 7.25. The van der Waals surface area contributed by atoms with Gasteiger partial charge in [-0.1, -0.05) is 61.5 Å². The maximum atomic E-state index is 12.8. The highest BCUT2D eigenvalue weighted by Gasteiger charge is 2.26. The molecule has 0 fully saturated rings. The third-order valence-electron chi connectivity index (χ3n) is 6.33. The zero-order valence-electron chi connectivity index (χ0n) is 19.0. The number of nitrogens with two attached hydrogens (primary N) is 1. The molecule has 3 N–H and O–H groups in total. The SMILES string of the molecule is CC[C@@H](NC(=O)c1cc(C(N)=O)n2c1COCC2)c1ccccc1.c1ccc2c(c1)CCC2. The summed E-state index contributed by atoms with van der Waals surface area (Å²) in [4.78, 5) is 24.4. The Balaban J connectivity index is 0.000000238. The predicted molar refractivity (Wildman–Crippen MR) is 128 cm³/mol. The van der Waals surface area contributed by atoms with Gasteiger partial charge in [-0.3, -0.25) is 9.59 Å². The minimum absolute atomic E-state index is 0.0872. The molecule has 1 aliphatic heterocycles. The number of hydrogen-bond acceptors (Lipinski definition) is 3. The van der Waals surface area contributed by atoms with Crippen molar-refractivity contribution in [3.63, 3.8) is 0 Å². The Morgan fingerprint density at radius 1 is 1.06 bits per heavy atom. The molecule has 1 aliphatic carbocycles. The number of hydrogen-bond donors (Lipinski definition) is 2. The number of benzene rings is 2. The minimum Gasteiger partial charge on any atom is -0.373 e. The third kappa shape index (κ3) is 5.17. The summed E-state index contributed by atoms with van der Waals surface area (Å²) in [6.07, 6.45) is 4.73. The number of carbonyl (C=O) groups excluding carboxylic acids is 2. The summed E-state index contributed by atoms with van der Waals surface area (Å²) < 4.78 is 7.22. The molecule has 2 aliphatic rings. The van der Waals surface area contributed by atoms with Crippen LogP contribution in [0.4, 0.5) is 0 Å². The highest BCUT2D eigenvalue weighted by Crippen LogP contribution is 2.23. The average Bonchev–Trinajstić information content (AvgIpc) is 3.48. The van der Waals surface area contributed by atoms with Crippen molar-refractivity contribution in [2.24, 2.45) is 5.73 Å². The summed E-state index contributed by atoms with van der Waals surface area (Å²) in [5.74, 6) is -0.750. The first kappa shape index (κ1) is 22.8. The minimum atomic E-state index is -0.535. The van der Waals surface area contributed by atoms with Crippen LogP contribution in [0.25, 0.3) is 0 Å². The summed E-state index contributed by atoms with van der Waals surface area (Å²) >= 11 is 0. The molecule has 0 spiro atoms. The van der Waals surface area contributed by atoms with Crippen LogP contribution in [-0.2, 0) is 30.7 Å². The van der Waals surface area contributed by atoms with Crippen molar-refractivity contribution >= 4 is 11.8 Å². The standard InChI is InChI=1S/C18H21N3O3.C9H10/c1-2-14(12-6-4-3-5-7-12)20-18(23)13-10-15(17(19)22)21-8-9-24-11-16(13)21;1-2-5-9-7-3-6-8(9)4-1/h3-7,10,14H,2,8-9,11H2,1H3,(H2,19,22)(H,20,23);1-2,4-5H,3,6-7H2/t14-;/m1./s1. The Morgan fingerprint density at radius 3 is 2.36 bits per heavy atom. The van der Waals surface area contributed by atoms with Crippen LogP contribution in [0.15, 0.2) is 60.7 Å². The van der Waals surface area contributed by atoms with E-state index in [1.165, 1.54) is 19.3 Å². The van der Waals surface area contributed by atoms with Gasteiger partial charge < -0.3 is 20.4 Å². The summed E-state index contributed by atoms with van der Waals surface area (Å²) in [6, 6.07) is 20.0. The third-order valence-corrected chi connectivity index (χ3v) is 6.33. The van der Waals surface area contributed by atoms with Crippen LogP contribution in [0.1, 0.15) is 69.0 Å². The molecule has 1 aromatic heterocycles. The Morgan fingerprint density at radius 2 is 1.73 bits per heavy atom. The molecule has 0 radical (unpaired) electrons. The lowest BCUT2D eigenvalue weighted by molar-refractivity contribution is 0.0784. The van der Waals surface area contributed by atoms with E-state index in [0.717, 1.165) is 12.0 Å². The molecule has 2 heterocycles. The molecule has 0 saturated carbocycles. The summed E-state index contributed by atoms with van der Waals surface area (Å²) in [5.41, 5.74) is 11.1.